The Bertz CT molecular complexity index is 686. The Kier molecular flexibility index (Phi) is 5.60. The molecular formula is C19H24N4O2. The fourth-order valence-electron chi connectivity index (χ4n) is 3.05. The topological polar surface area (TPSA) is 69.6 Å². The van der Waals surface area contributed by atoms with Crippen LogP contribution in [0.2, 0.25) is 0 Å². The Hall–Kier alpha value is -2.47. The van der Waals surface area contributed by atoms with Crippen LogP contribution in [0.5, 0.6) is 0 Å². The molecule has 0 amide bonds. The van der Waals surface area contributed by atoms with Crippen LogP contribution < -0.4 is 4.90 Å². The van der Waals surface area contributed by atoms with E-state index in [4.69, 9.17) is 5.11 Å². The molecule has 1 aromatic heterocycles. The number of carboxylic acid groups (broad SMARTS) is 1. The second kappa shape index (κ2) is 8.07. The highest BCUT2D eigenvalue weighted by Gasteiger charge is 2.21. The molecule has 0 bridgehead atoms. The van der Waals surface area contributed by atoms with E-state index >= 15 is 0 Å². The first kappa shape index (κ1) is 17.4. The number of anilines is 1. The number of nitrogens with zero attached hydrogens (tertiary/aromatic N) is 4. The zero-order valence-corrected chi connectivity index (χ0v) is 14.5. The predicted molar refractivity (Wildman–Crippen MR) is 97.8 cm³/mol. The lowest BCUT2D eigenvalue weighted by Crippen LogP contribution is -2.49. The van der Waals surface area contributed by atoms with Gasteiger partial charge in [0.1, 0.15) is 0 Å². The highest BCUT2D eigenvalue weighted by Crippen LogP contribution is 2.15. The number of hydrogen-bond acceptors (Lipinski definition) is 5. The van der Waals surface area contributed by atoms with Crippen molar-refractivity contribution in [3.8, 4) is 0 Å². The fourth-order valence-corrected chi connectivity index (χ4v) is 3.05. The molecule has 0 saturated carbocycles. The van der Waals surface area contributed by atoms with Crippen LogP contribution in [-0.2, 0) is 0 Å². The Labute approximate surface area is 148 Å². The smallest absolute Gasteiger partial charge is 0.338 e. The van der Waals surface area contributed by atoms with E-state index < -0.39 is 5.97 Å². The van der Waals surface area contributed by atoms with E-state index in [0.717, 1.165) is 39.0 Å². The predicted octanol–water partition coefficient (Wildman–Crippen LogP) is 2.52. The van der Waals surface area contributed by atoms with Crippen LogP contribution in [0.15, 0.2) is 48.3 Å². The van der Waals surface area contributed by atoms with Crippen molar-refractivity contribution in [3.63, 3.8) is 0 Å². The number of aromatic carboxylic acids is 1. The number of rotatable bonds is 5. The van der Waals surface area contributed by atoms with Gasteiger partial charge in [-0.15, -0.1) is 0 Å². The van der Waals surface area contributed by atoms with Crippen LogP contribution in [0.4, 0.5) is 5.95 Å². The summed E-state index contributed by atoms with van der Waals surface area (Å²) in [4.78, 5) is 23.8. The largest absolute Gasteiger partial charge is 0.478 e. The maximum atomic E-state index is 10.9. The third-order valence-corrected chi connectivity index (χ3v) is 4.65. The molecule has 1 fully saturated rings. The van der Waals surface area contributed by atoms with E-state index in [1.807, 2.05) is 0 Å². The molecule has 6 nitrogen and oxygen atoms in total. The summed E-state index contributed by atoms with van der Waals surface area (Å²) in [6, 6.07) is 0.383. The summed E-state index contributed by atoms with van der Waals surface area (Å²) in [7, 11) is 0. The molecule has 25 heavy (non-hydrogen) atoms. The highest BCUT2D eigenvalue weighted by molar-refractivity contribution is 5.86. The quantitative estimate of drug-likeness (QED) is 0.888. The van der Waals surface area contributed by atoms with E-state index in [0.29, 0.717) is 12.0 Å². The van der Waals surface area contributed by atoms with Crippen LogP contribution in [0.3, 0.4) is 0 Å². The molecule has 2 heterocycles. The number of piperazine rings is 1. The van der Waals surface area contributed by atoms with Crippen LogP contribution in [0.25, 0.3) is 0 Å². The van der Waals surface area contributed by atoms with E-state index in [2.05, 4.69) is 57.1 Å². The fraction of sp³-hybridized carbons (Fsp3) is 0.421. The molecule has 6 heteroatoms. The van der Waals surface area contributed by atoms with Crippen molar-refractivity contribution in [2.24, 2.45) is 0 Å². The maximum absolute atomic E-state index is 10.9. The summed E-state index contributed by atoms with van der Waals surface area (Å²) < 4.78 is 0. The third-order valence-electron chi connectivity index (χ3n) is 4.65. The van der Waals surface area contributed by atoms with Gasteiger partial charge in [-0.3, -0.25) is 4.90 Å². The SMILES string of the molecule is CC(/C=C/C1=CCCC=C1)N1CCN(c2ncc(C(=O)O)cn2)CC1. The van der Waals surface area contributed by atoms with Crippen LogP contribution in [0, 0.1) is 0 Å². The van der Waals surface area contributed by atoms with Gasteiger partial charge in [0, 0.05) is 44.6 Å². The first-order valence-electron chi connectivity index (χ1n) is 8.73. The zero-order chi connectivity index (χ0) is 17.6. The van der Waals surface area contributed by atoms with Gasteiger partial charge in [-0.05, 0) is 25.3 Å². The van der Waals surface area contributed by atoms with Crippen LogP contribution in [0.1, 0.15) is 30.1 Å². The lowest BCUT2D eigenvalue weighted by molar-refractivity contribution is 0.0696. The van der Waals surface area contributed by atoms with Crippen LogP contribution in [-0.4, -0.2) is 58.2 Å². The molecule has 1 aliphatic heterocycles. The Balaban J connectivity index is 1.52. The second-order valence-electron chi connectivity index (χ2n) is 6.38. The number of carboxylic acids is 1. The van der Waals surface area contributed by atoms with E-state index in [1.54, 1.807) is 0 Å². The number of aromatic nitrogens is 2. The van der Waals surface area contributed by atoms with Crippen molar-refractivity contribution < 1.29 is 9.90 Å². The average molecular weight is 340 g/mol. The lowest BCUT2D eigenvalue weighted by atomic mass is 10.1. The van der Waals surface area contributed by atoms with E-state index in [-0.39, 0.29) is 5.56 Å². The molecule has 0 radical (unpaired) electrons. The minimum Gasteiger partial charge on any atom is -0.478 e. The number of carbonyl (C=O) groups is 1. The van der Waals surface area contributed by atoms with Gasteiger partial charge in [-0.25, -0.2) is 14.8 Å². The molecule has 2 aliphatic rings. The standard InChI is InChI=1S/C19H24N4O2/c1-15(7-8-16-5-3-2-4-6-16)22-9-11-23(12-10-22)19-20-13-17(14-21-19)18(24)25/h3,5-8,13-15H,2,4,9-12H2,1H3,(H,24,25)/b8-7+. The molecule has 1 saturated heterocycles. The summed E-state index contributed by atoms with van der Waals surface area (Å²) in [5.41, 5.74) is 1.41. The van der Waals surface area contributed by atoms with Crippen molar-refractivity contribution in [1.29, 1.82) is 0 Å². The molecule has 1 N–H and O–H groups in total. The van der Waals surface area contributed by atoms with Gasteiger partial charge < -0.3 is 10.0 Å². The van der Waals surface area contributed by atoms with Crippen molar-refractivity contribution in [2.45, 2.75) is 25.8 Å². The first-order valence-corrected chi connectivity index (χ1v) is 8.73. The lowest BCUT2D eigenvalue weighted by Gasteiger charge is -2.37. The minimum atomic E-state index is -1.00. The van der Waals surface area contributed by atoms with Crippen molar-refractivity contribution in [3.05, 3.63) is 53.9 Å². The van der Waals surface area contributed by atoms with Crippen LogP contribution >= 0.6 is 0 Å². The minimum absolute atomic E-state index is 0.118. The Morgan fingerprint density at radius 3 is 2.52 bits per heavy atom. The summed E-state index contributed by atoms with van der Waals surface area (Å²) in [5, 5.41) is 8.91. The first-order chi connectivity index (χ1) is 12.1. The third kappa shape index (κ3) is 4.54. The van der Waals surface area contributed by atoms with Gasteiger partial charge in [0.2, 0.25) is 5.95 Å². The number of allylic oxidation sites excluding steroid dienone is 5. The number of hydrogen-bond donors (Lipinski definition) is 1. The molecule has 1 aromatic rings. The summed E-state index contributed by atoms with van der Waals surface area (Å²) in [6.07, 6.45) is 16.2. The van der Waals surface area contributed by atoms with Crippen molar-refractivity contribution in [1.82, 2.24) is 14.9 Å². The molecule has 1 atom stereocenters. The van der Waals surface area contributed by atoms with E-state index in [9.17, 15) is 4.79 Å². The molecule has 132 valence electrons. The van der Waals surface area contributed by atoms with Gasteiger partial charge >= 0.3 is 5.97 Å². The van der Waals surface area contributed by atoms with Gasteiger partial charge in [0.25, 0.3) is 0 Å². The van der Waals surface area contributed by atoms with Gasteiger partial charge in [-0.1, -0.05) is 30.4 Å². The molecule has 0 spiro atoms. The van der Waals surface area contributed by atoms with Crippen molar-refractivity contribution in [2.75, 3.05) is 31.1 Å². The molecule has 1 aliphatic carbocycles. The van der Waals surface area contributed by atoms with E-state index in [1.165, 1.54) is 18.0 Å². The zero-order valence-electron chi connectivity index (χ0n) is 14.5. The van der Waals surface area contributed by atoms with Gasteiger partial charge in [0.05, 0.1) is 5.56 Å². The summed E-state index contributed by atoms with van der Waals surface area (Å²) in [6.45, 7) is 5.77. The Morgan fingerprint density at radius 1 is 1.20 bits per heavy atom. The monoisotopic (exact) mass is 340 g/mol. The average Bonchev–Trinajstić information content (AvgIpc) is 2.67. The second-order valence-corrected chi connectivity index (χ2v) is 6.38. The maximum Gasteiger partial charge on any atom is 0.338 e. The summed E-state index contributed by atoms with van der Waals surface area (Å²) in [5.74, 6) is -0.398. The normalized spacial score (nSPS) is 19.9. The van der Waals surface area contributed by atoms with Gasteiger partial charge in [-0.2, -0.15) is 0 Å². The van der Waals surface area contributed by atoms with Crippen molar-refractivity contribution >= 4 is 11.9 Å². The molecule has 3 rings (SSSR count). The Morgan fingerprint density at radius 2 is 1.92 bits per heavy atom. The summed E-state index contributed by atoms with van der Waals surface area (Å²) >= 11 is 0. The molecular weight excluding hydrogens is 316 g/mol. The van der Waals surface area contributed by atoms with Gasteiger partial charge in [0.15, 0.2) is 0 Å². The molecule has 1 unspecified atom stereocenters. The highest BCUT2D eigenvalue weighted by atomic mass is 16.4. The molecule has 0 aromatic carbocycles.